The quantitative estimate of drug-likeness (QED) is 0.831. The van der Waals surface area contributed by atoms with Crippen molar-refractivity contribution in [2.24, 2.45) is 11.7 Å². The molecule has 24 heavy (non-hydrogen) atoms. The summed E-state index contributed by atoms with van der Waals surface area (Å²) in [5, 5.41) is 3.72. The van der Waals surface area contributed by atoms with E-state index in [4.69, 9.17) is 10.3 Å². The molecule has 2 unspecified atom stereocenters. The normalized spacial score (nSPS) is 26.0. The Balaban J connectivity index is 1.66. The van der Waals surface area contributed by atoms with Crippen LogP contribution in [0, 0.1) is 19.8 Å². The van der Waals surface area contributed by atoms with Crippen molar-refractivity contribution in [3.8, 4) is 0 Å². The van der Waals surface area contributed by atoms with Gasteiger partial charge in [-0.2, -0.15) is 4.31 Å². The number of aromatic nitrogens is 1. The van der Waals surface area contributed by atoms with Crippen LogP contribution in [0.25, 0.3) is 0 Å². The van der Waals surface area contributed by atoms with Gasteiger partial charge in [-0.1, -0.05) is 5.16 Å². The first-order valence-corrected chi connectivity index (χ1v) is 9.72. The highest BCUT2D eigenvalue weighted by molar-refractivity contribution is 7.89. The SMILES string of the molecule is Cc1noc(C)c1S(=O)(=O)N1CCN(C(=O)C2CCC(N)C2)CC1. The monoisotopic (exact) mass is 356 g/mol. The van der Waals surface area contributed by atoms with E-state index in [0.29, 0.717) is 24.5 Å². The molecule has 1 saturated heterocycles. The van der Waals surface area contributed by atoms with Crippen LogP contribution in [-0.2, 0) is 14.8 Å². The van der Waals surface area contributed by atoms with Gasteiger partial charge in [0.1, 0.15) is 10.6 Å². The van der Waals surface area contributed by atoms with Gasteiger partial charge >= 0.3 is 0 Å². The van der Waals surface area contributed by atoms with Gasteiger partial charge in [-0.15, -0.1) is 0 Å². The van der Waals surface area contributed by atoms with E-state index in [-0.39, 0.29) is 35.9 Å². The first kappa shape index (κ1) is 17.4. The minimum absolute atomic E-state index is 0.00859. The largest absolute Gasteiger partial charge is 0.360 e. The highest BCUT2D eigenvalue weighted by Crippen LogP contribution is 2.28. The van der Waals surface area contributed by atoms with Crippen LogP contribution in [-0.4, -0.2) is 60.9 Å². The zero-order chi connectivity index (χ0) is 17.5. The lowest BCUT2D eigenvalue weighted by atomic mass is 10.1. The fourth-order valence-corrected chi connectivity index (χ4v) is 5.33. The van der Waals surface area contributed by atoms with Crippen LogP contribution in [0.15, 0.2) is 9.42 Å². The van der Waals surface area contributed by atoms with E-state index in [9.17, 15) is 13.2 Å². The highest BCUT2D eigenvalue weighted by Gasteiger charge is 2.36. The van der Waals surface area contributed by atoms with Crippen molar-refractivity contribution in [3.05, 3.63) is 11.5 Å². The molecule has 0 bridgehead atoms. The molecule has 1 saturated carbocycles. The van der Waals surface area contributed by atoms with Gasteiger partial charge in [0.15, 0.2) is 5.76 Å². The average Bonchev–Trinajstić information content (AvgIpc) is 3.12. The molecule has 2 heterocycles. The Kier molecular flexibility index (Phi) is 4.67. The number of carbonyl (C=O) groups excluding carboxylic acids is 1. The van der Waals surface area contributed by atoms with Crippen molar-refractivity contribution in [1.29, 1.82) is 0 Å². The summed E-state index contributed by atoms with van der Waals surface area (Å²) >= 11 is 0. The molecule has 134 valence electrons. The molecule has 2 fully saturated rings. The van der Waals surface area contributed by atoms with Gasteiger partial charge in [-0.3, -0.25) is 4.79 Å². The molecular weight excluding hydrogens is 332 g/mol. The average molecular weight is 356 g/mol. The van der Waals surface area contributed by atoms with E-state index in [1.807, 2.05) is 0 Å². The van der Waals surface area contributed by atoms with Crippen molar-refractivity contribution < 1.29 is 17.7 Å². The van der Waals surface area contributed by atoms with Crippen molar-refractivity contribution in [2.75, 3.05) is 26.2 Å². The van der Waals surface area contributed by atoms with Gasteiger partial charge in [0.05, 0.1) is 0 Å². The maximum atomic E-state index is 12.8. The Morgan fingerprint density at radius 2 is 1.88 bits per heavy atom. The number of nitrogens with two attached hydrogens (primary N) is 1. The molecule has 0 radical (unpaired) electrons. The molecule has 1 aliphatic carbocycles. The second-order valence-electron chi connectivity index (χ2n) is 6.65. The van der Waals surface area contributed by atoms with Crippen molar-refractivity contribution in [2.45, 2.75) is 44.0 Å². The number of carbonyl (C=O) groups is 1. The van der Waals surface area contributed by atoms with Gasteiger partial charge in [-0.25, -0.2) is 8.42 Å². The van der Waals surface area contributed by atoms with Crippen LogP contribution in [0.5, 0.6) is 0 Å². The molecule has 1 aliphatic heterocycles. The minimum Gasteiger partial charge on any atom is -0.360 e. The Labute approximate surface area is 142 Å². The Hall–Kier alpha value is -1.45. The molecule has 8 nitrogen and oxygen atoms in total. The number of sulfonamides is 1. The second-order valence-corrected chi connectivity index (χ2v) is 8.53. The van der Waals surface area contributed by atoms with Crippen molar-refractivity contribution in [3.63, 3.8) is 0 Å². The molecular formula is C15H24N4O4S. The maximum Gasteiger partial charge on any atom is 0.248 e. The molecule has 0 spiro atoms. The molecule has 0 aromatic carbocycles. The number of hydrogen-bond acceptors (Lipinski definition) is 6. The topological polar surface area (TPSA) is 110 Å². The van der Waals surface area contributed by atoms with E-state index >= 15 is 0 Å². The van der Waals surface area contributed by atoms with E-state index in [0.717, 1.165) is 19.3 Å². The third kappa shape index (κ3) is 3.07. The van der Waals surface area contributed by atoms with E-state index < -0.39 is 10.0 Å². The summed E-state index contributed by atoms with van der Waals surface area (Å²) in [5.41, 5.74) is 6.25. The van der Waals surface area contributed by atoms with Gasteiger partial charge < -0.3 is 15.2 Å². The molecule has 3 rings (SSSR count). The molecule has 1 amide bonds. The standard InChI is InChI=1S/C15H24N4O4S/c1-10-14(11(2)23-17-10)24(21,22)19-7-5-18(6-8-19)15(20)12-3-4-13(16)9-12/h12-13H,3-9,16H2,1-2H3. The van der Waals surface area contributed by atoms with Crippen LogP contribution >= 0.6 is 0 Å². The summed E-state index contributed by atoms with van der Waals surface area (Å²) in [7, 11) is -3.64. The summed E-state index contributed by atoms with van der Waals surface area (Å²) in [6.45, 7) is 4.61. The fourth-order valence-electron chi connectivity index (χ4n) is 3.62. The third-order valence-corrected chi connectivity index (χ3v) is 7.08. The number of aryl methyl sites for hydroxylation is 2. The van der Waals surface area contributed by atoms with E-state index in [1.165, 1.54) is 4.31 Å². The first-order valence-electron chi connectivity index (χ1n) is 8.28. The highest BCUT2D eigenvalue weighted by atomic mass is 32.2. The summed E-state index contributed by atoms with van der Waals surface area (Å²) < 4.78 is 31.9. The summed E-state index contributed by atoms with van der Waals surface area (Å²) in [6, 6.07) is 0.111. The predicted molar refractivity (Wildman–Crippen MR) is 86.6 cm³/mol. The summed E-state index contributed by atoms with van der Waals surface area (Å²) in [6.07, 6.45) is 2.45. The lowest BCUT2D eigenvalue weighted by molar-refractivity contribution is -0.136. The van der Waals surface area contributed by atoms with Gasteiger partial charge in [0, 0.05) is 38.1 Å². The summed E-state index contributed by atoms with van der Waals surface area (Å²) in [5.74, 6) is 0.397. The van der Waals surface area contributed by atoms with Crippen LogP contribution in [0.3, 0.4) is 0 Å². The zero-order valence-corrected chi connectivity index (χ0v) is 14.9. The van der Waals surface area contributed by atoms with Gasteiger partial charge in [-0.05, 0) is 33.1 Å². The Morgan fingerprint density at radius 1 is 1.21 bits per heavy atom. The lowest BCUT2D eigenvalue weighted by Gasteiger charge is -2.35. The van der Waals surface area contributed by atoms with Crippen molar-refractivity contribution >= 4 is 15.9 Å². The molecule has 9 heteroatoms. The maximum absolute atomic E-state index is 12.8. The van der Waals surface area contributed by atoms with Gasteiger partial charge in [0.25, 0.3) is 0 Å². The number of rotatable bonds is 3. The first-order chi connectivity index (χ1) is 11.3. The van der Waals surface area contributed by atoms with E-state index in [2.05, 4.69) is 5.16 Å². The number of hydrogen-bond donors (Lipinski definition) is 1. The molecule has 2 aliphatic rings. The molecule has 2 N–H and O–H groups in total. The number of piperazine rings is 1. The zero-order valence-electron chi connectivity index (χ0n) is 14.1. The van der Waals surface area contributed by atoms with E-state index in [1.54, 1.807) is 18.7 Å². The van der Waals surface area contributed by atoms with Crippen LogP contribution < -0.4 is 5.73 Å². The molecule has 2 atom stereocenters. The van der Waals surface area contributed by atoms with Crippen molar-refractivity contribution in [1.82, 2.24) is 14.4 Å². The third-order valence-electron chi connectivity index (χ3n) is 4.94. The van der Waals surface area contributed by atoms with Gasteiger partial charge in [0.2, 0.25) is 15.9 Å². The fraction of sp³-hybridized carbons (Fsp3) is 0.733. The molecule has 1 aromatic heterocycles. The Morgan fingerprint density at radius 3 is 2.38 bits per heavy atom. The summed E-state index contributed by atoms with van der Waals surface area (Å²) in [4.78, 5) is 14.4. The number of amides is 1. The lowest BCUT2D eigenvalue weighted by Crippen LogP contribution is -2.51. The van der Waals surface area contributed by atoms with Crippen LogP contribution in [0.2, 0.25) is 0 Å². The second kappa shape index (κ2) is 6.45. The van der Waals surface area contributed by atoms with Crippen LogP contribution in [0.1, 0.15) is 30.7 Å². The number of nitrogens with zero attached hydrogens (tertiary/aromatic N) is 3. The smallest absolute Gasteiger partial charge is 0.248 e. The minimum atomic E-state index is -3.64. The van der Waals surface area contributed by atoms with Crippen LogP contribution in [0.4, 0.5) is 0 Å². The molecule has 1 aromatic rings. The predicted octanol–water partition coefficient (Wildman–Crippen LogP) is 0.252. The Bertz CT molecular complexity index is 702.